The number of amides is 1. The molecule has 6 rings (SSSR count). The lowest BCUT2D eigenvalue weighted by molar-refractivity contribution is -0.160. The molecule has 0 spiro atoms. The number of Topliss-reactive ketones (excluding diaryl/α,β-unsaturated/α-hetero) is 1. The van der Waals surface area contributed by atoms with Gasteiger partial charge in [0.2, 0.25) is 0 Å². The Bertz CT molecular complexity index is 2380. The normalized spacial score (nSPS) is 30.8. The number of hydrogen-bond donors (Lipinski definition) is 5. The van der Waals surface area contributed by atoms with E-state index < -0.39 is 77.3 Å². The van der Waals surface area contributed by atoms with Crippen LogP contribution in [-0.4, -0.2) is 84.8 Å². The topological polar surface area (TPSA) is 198 Å². The minimum atomic E-state index is -1.96. The van der Waals surface area contributed by atoms with E-state index >= 15 is 0 Å². The largest absolute Gasteiger partial charge is 0.507 e. The predicted octanol–water partition coefficient (Wildman–Crippen LogP) is 6.16. The highest BCUT2D eigenvalue weighted by atomic mass is 16.7. The van der Waals surface area contributed by atoms with Crippen molar-refractivity contribution >= 4 is 50.8 Å². The Morgan fingerprint density at radius 3 is 2.35 bits per heavy atom. The maximum atomic E-state index is 14.6. The fraction of sp³-hybridized carbons (Fsp3) is 0.442. The Morgan fingerprint density at radius 1 is 0.982 bits per heavy atom. The molecule has 2 aromatic carbocycles. The lowest BCUT2D eigenvalue weighted by atomic mass is 9.78. The van der Waals surface area contributed by atoms with Crippen LogP contribution >= 0.6 is 0 Å². The molecule has 4 aromatic rings. The van der Waals surface area contributed by atoms with Gasteiger partial charge in [-0.05, 0) is 44.5 Å². The first-order valence-electron chi connectivity index (χ1n) is 19.0. The Hall–Kier alpha value is -5.44. The summed E-state index contributed by atoms with van der Waals surface area (Å²) in [5, 5.41) is 49.4. The minimum Gasteiger partial charge on any atom is -0.507 e. The zero-order chi connectivity index (χ0) is 41.8. The summed E-state index contributed by atoms with van der Waals surface area (Å²) in [6.45, 7) is 14.7. The van der Waals surface area contributed by atoms with Gasteiger partial charge in [0.15, 0.2) is 5.75 Å². The van der Waals surface area contributed by atoms with Gasteiger partial charge < -0.3 is 44.7 Å². The lowest BCUT2D eigenvalue weighted by Crippen LogP contribution is -2.46. The number of imidazole rings is 1. The van der Waals surface area contributed by atoms with E-state index in [1.807, 2.05) is 19.1 Å². The van der Waals surface area contributed by atoms with Crippen LogP contribution in [0.2, 0.25) is 0 Å². The maximum absolute atomic E-state index is 14.6. The van der Waals surface area contributed by atoms with Gasteiger partial charge in [0.1, 0.15) is 40.0 Å². The number of carbonyl (C=O) groups is 3. The second-order valence-corrected chi connectivity index (χ2v) is 15.6. The second kappa shape index (κ2) is 15.5. The van der Waals surface area contributed by atoms with Crippen molar-refractivity contribution in [3.05, 3.63) is 71.2 Å². The van der Waals surface area contributed by atoms with Crippen LogP contribution in [0.3, 0.4) is 0 Å². The third kappa shape index (κ3) is 7.10. The smallest absolute Gasteiger partial charge is 0.312 e. The molecule has 0 aliphatic carbocycles. The highest BCUT2D eigenvalue weighted by Crippen LogP contribution is 2.54. The van der Waals surface area contributed by atoms with Crippen LogP contribution in [0.1, 0.15) is 70.0 Å². The fourth-order valence-corrected chi connectivity index (χ4v) is 8.03. The maximum Gasteiger partial charge on any atom is 0.312 e. The van der Waals surface area contributed by atoms with Gasteiger partial charge in [-0.15, -0.1) is 0 Å². The minimum absolute atomic E-state index is 0.0185. The molecule has 0 fully saturated rings. The van der Waals surface area contributed by atoms with Crippen molar-refractivity contribution in [1.29, 1.82) is 0 Å². The Morgan fingerprint density at radius 2 is 1.68 bits per heavy atom. The number of benzene rings is 2. The summed E-state index contributed by atoms with van der Waals surface area (Å²) >= 11 is 0. The molecule has 9 unspecified atom stereocenters. The lowest BCUT2D eigenvalue weighted by Gasteiger charge is -2.38. The summed E-state index contributed by atoms with van der Waals surface area (Å²) in [4.78, 5) is 45.6. The van der Waals surface area contributed by atoms with Crippen molar-refractivity contribution < 1.29 is 53.8 Å². The summed E-state index contributed by atoms with van der Waals surface area (Å²) in [7, 11) is 1.46. The molecule has 2 aromatic heterocycles. The number of fused-ring (bicyclic) bond motifs is 2. The number of methoxy groups -OCH3 is 1. The van der Waals surface area contributed by atoms with Gasteiger partial charge in [-0.1, -0.05) is 45.9 Å². The van der Waals surface area contributed by atoms with E-state index in [-0.39, 0.29) is 55.7 Å². The quantitative estimate of drug-likeness (QED) is 0.115. The summed E-state index contributed by atoms with van der Waals surface area (Å²) in [6, 6.07) is 3.64. The predicted molar refractivity (Wildman–Crippen MR) is 213 cm³/mol. The fourth-order valence-electron chi connectivity index (χ4n) is 8.03. The van der Waals surface area contributed by atoms with Gasteiger partial charge in [0.05, 0.1) is 35.5 Å². The number of phenolic OH excluding ortho intramolecular Hbond substituents is 2. The zero-order valence-corrected chi connectivity index (χ0v) is 33.8. The number of aliphatic hydroxyl groups excluding tert-OH is 2. The third-order valence-electron chi connectivity index (χ3n) is 11.5. The number of rotatable bonds is 2. The molecule has 0 saturated carbocycles. The number of carbonyl (C=O) groups excluding carboxylic acids is 3. The van der Waals surface area contributed by atoms with Crippen LogP contribution in [0, 0.1) is 37.5 Å². The first kappa shape index (κ1) is 41.2. The third-order valence-corrected chi connectivity index (χ3v) is 11.5. The van der Waals surface area contributed by atoms with Crippen molar-refractivity contribution in [3.8, 4) is 17.2 Å². The molecule has 5 N–H and O–H groups in total. The molecule has 0 radical (unpaired) electrons. The number of hydrogen-bond acceptors (Lipinski definition) is 12. The highest BCUT2D eigenvalue weighted by molar-refractivity contribution is 6.28. The average molecular weight is 786 g/mol. The molecule has 1 amide bonds. The van der Waals surface area contributed by atoms with Crippen LogP contribution in [0.4, 0.5) is 5.69 Å². The SMILES string of the molecule is COC1/C=C\OC2(C)Oc3c(C)c(O)c4c(O)c(c5c(nc6cc(C)ccn65)c4c3C2=O)NC(=O)/C(C)=C\C=C/C(C)C(O)C(C)C(O)C(C)C(OC(C)=O)C1C. The van der Waals surface area contributed by atoms with Crippen LogP contribution in [0.5, 0.6) is 17.2 Å². The molecular formula is C43H51N3O11. The molecule has 14 heteroatoms. The number of aromatic nitrogens is 2. The summed E-state index contributed by atoms with van der Waals surface area (Å²) < 4.78 is 25.5. The molecule has 2 aliphatic heterocycles. The van der Waals surface area contributed by atoms with Crippen LogP contribution in [0.15, 0.2) is 54.5 Å². The number of anilines is 1. The molecule has 304 valence electrons. The molecule has 4 bridgehead atoms. The van der Waals surface area contributed by atoms with E-state index in [9.17, 15) is 34.8 Å². The summed E-state index contributed by atoms with van der Waals surface area (Å²) in [5.74, 6) is -6.96. The van der Waals surface area contributed by atoms with Crippen molar-refractivity contribution in [3.63, 3.8) is 0 Å². The van der Waals surface area contributed by atoms with E-state index in [1.165, 1.54) is 40.2 Å². The Labute approximate surface area is 330 Å². The average Bonchev–Trinajstić information content (AvgIpc) is 3.67. The van der Waals surface area contributed by atoms with Gasteiger partial charge in [0.25, 0.3) is 11.7 Å². The number of ether oxygens (including phenoxy) is 4. The molecule has 9 atom stereocenters. The van der Waals surface area contributed by atoms with E-state index in [2.05, 4.69) is 5.32 Å². The van der Waals surface area contributed by atoms with Crippen molar-refractivity contribution in [1.82, 2.24) is 9.38 Å². The van der Waals surface area contributed by atoms with Gasteiger partial charge >= 0.3 is 11.8 Å². The molecule has 14 nitrogen and oxygen atoms in total. The van der Waals surface area contributed by atoms with E-state index in [1.54, 1.807) is 63.4 Å². The molecule has 57 heavy (non-hydrogen) atoms. The number of pyridine rings is 1. The van der Waals surface area contributed by atoms with Crippen LogP contribution < -0.4 is 10.1 Å². The van der Waals surface area contributed by atoms with E-state index in [4.69, 9.17) is 23.9 Å². The standard InChI is InChI=1S/C43H51N3O11/c1-19-14-16-46-28(18-19)44-32-29-30-37(50)25(7)40-31(29)41(52)43(9,57-40)55-17-15-27(54-10)22(4)39(56-26(8)47)24(6)36(49)23(5)35(48)20(2)12-11-13-21(3)42(53)45-33(34(32)46)38(30)51/h11-18,20,22-24,27,35-36,39,48-51H,1-10H3,(H,45,53)/b12-11-,17-15-,21-13-. The Balaban J connectivity index is 1.58. The number of nitrogens with zero attached hydrogens (tertiary/aromatic N) is 2. The van der Waals surface area contributed by atoms with Crippen molar-refractivity contribution in [2.45, 2.75) is 92.5 Å². The van der Waals surface area contributed by atoms with Gasteiger partial charge in [0, 0.05) is 67.3 Å². The number of aliphatic hydroxyl groups is 2. The number of esters is 1. The van der Waals surface area contributed by atoms with E-state index in [0.29, 0.717) is 5.65 Å². The van der Waals surface area contributed by atoms with E-state index in [0.717, 1.165) is 5.56 Å². The molecular weight excluding hydrogens is 734 g/mol. The van der Waals surface area contributed by atoms with Crippen LogP contribution in [0.25, 0.3) is 27.5 Å². The summed E-state index contributed by atoms with van der Waals surface area (Å²) in [6.07, 6.45) is 5.62. The summed E-state index contributed by atoms with van der Waals surface area (Å²) in [5.41, 5.74) is 2.18. The first-order valence-corrected chi connectivity index (χ1v) is 19.0. The van der Waals surface area contributed by atoms with Gasteiger partial charge in [-0.3, -0.25) is 18.8 Å². The number of ketones is 1. The molecule has 4 heterocycles. The number of nitrogens with one attached hydrogen (secondary N) is 1. The molecule has 2 aliphatic rings. The van der Waals surface area contributed by atoms with Crippen LogP contribution in [-0.2, 0) is 23.8 Å². The van der Waals surface area contributed by atoms with Crippen molar-refractivity contribution in [2.75, 3.05) is 12.4 Å². The van der Waals surface area contributed by atoms with Gasteiger partial charge in [-0.25, -0.2) is 4.98 Å². The van der Waals surface area contributed by atoms with Gasteiger partial charge in [-0.2, -0.15) is 0 Å². The number of phenols is 2. The molecule has 0 saturated heterocycles. The second-order valence-electron chi connectivity index (χ2n) is 15.6. The number of aromatic hydroxyl groups is 2. The number of aryl methyl sites for hydroxylation is 1. The zero-order valence-electron chi connectivity index (χ0n) is 33.8. The highest BCUT2D eigenvalue weighted by Gasteiger charge is 2.50. The first-order chi connectivity index (χ1) is 26.8. The monoisotopic (exact) mass is 785 g/mol. The van der Waals surface area contributed by atoms with Crippen molar-refractivity contribution in [2.24, 2.45) is 23.7 Å². The Kier molecular flexibility index (Phi) is 11.2. The number of allylic oxidation sites excluding steroid dienone is 2.